The molecule has 1 aromatic rings. The number of aromatic nitrogens is 1. The molecule has 0 aromatic carbocycles. The first-order valence-electron chi connectivity index (χ1n) is 3.38. The Balaban J connectivity index is 2.79. The number of ether oxygens (including phenoxy) is 1. The van der Waals surface area contributed by atoms with Crippen molar-refractivity contribution in [3.63, 3.8) is 0 Å². The zero-order valence-corrected chi connectivity index (χ0v) is 8.35. The van der Waals surface area contributed by atoms with Crippen LogP contribution in [0.25, 0.3) is 0 Å². The molecule has 0 aliphatic rings. The standard InChI is InChI=1S/C6H7NO4S2/c1-2-11-5(8)4-3-12-6(7-4)13(9)10/h3H,2H2,1H3,(H,9,10). The molecule has 0 spiro atoms. The van der Waals surface area contributed by atoms with Crippen LogP contribution in [-0.2, 0) is 15.8 Å². The van der Waals surface area contributed by atoms with Gasteiger partial charge in [-0.1, -0.05) is 0 Å². The smallest absolute Gasteiger partial charge is 0.357 e. The molecule has 1 rings (SSSR count). The van der Waals surface area contributed by atoms with E-state index in [-0.39, 0.29) is 16.6 Å². The lowest BCUT2D eigenvalue weighted by molar-refractivity contribution is 0.0520. The Kier molecular flexibility index (Phi) is 3.52. The van der Waals surface area contributed by atoms with Gasteiger partial charge in [0.25, 0.3) is 0 Å². The third-order valence-corrected chi connectivity index (χ3v) is 2.86. The highest BCUT2D eigenvalue weighted by Gasteiger charge is 2.13. The van der Waals surface area contributed by atoms with Crippen molar-refractivity contribution in [3.05, 3.63) is 11.1 Å². The maximum atomic E-state index is 11.0. The van der Waals surface area contributed by atoms with E-state index in [0.717, 1.165) is 11.3 Å². The first-order chi connectivity index (χ1) is 6.15. The van der Waals surface area contributed by atoms with Crippen LogP contribution in [0.2, 0.25) is 0 Å². The highest BCUT2D eigenvalue weighted by molar-refractivity contribution is 7.81. The molecule has 0 aliphatic carbocycles. The minimum Gasteiger partial charge on any atom is -0.461 e. The van der Waals surface area contributed by atoms with Crippen LogP contribution in [0.4, 0.5) is 0 Å². The number of carbonyl (C=O) groups excluding carboxylic acids is 1. The third-order valence-electron chi connectivity index (χ3n) is 1.12. The summed E-state index contributed by atoms with van der Waals surface area (Å²) in [6.45, 7) is 1.93. The van der Waals surface area contributed by atoms with Gasteiger partial charge in [0.15, 0.2) is 5.69 Å². The summed E-state index contributed by atoms with van der Waals surface area (Å²) in [5, 5.41) is 1.39. The maximum absolute atomic E-state index is 11.0. The van der Waals surface area contributed by atoms with E-state index in [9.17, 15) is 9.00 Å². The van der Waals surface area contributed by atoms with Gasteiger partial charge >= 0.3 is 5.97 Å². The minimum absolute atomic E-state index is 0.00283. The van der Waals surface area contributed by atoms with Gasteiger partial charge in [0.2, 0.25) is 15.4 Å². The van der Waals surface area contributed by atoms with Crippen molar-refractivity contribution < 1.29 is 18.3 Å². The number of hydrogen-bond acceptors (Lipinski definition) is 5. The first kappa shape index (κ1) is 10.3. The molecule has 0 saturated carbocycles. The molecule has 1 aromatic heterocycles. The molecule has 1 atom stereocenters. The molecule has 0 saturated heterocycles. The Morgan fingerprint density at radius 3 is 3.00 bits per heavy atom. The van der Waals surface area contributed by atoms with E-state index in [1.54, 1.807) is 6.92 Å². The van der Waals surface area contributed by atoms with Gasteiger partial charge in [-0.15, -0.1) is 11.3 Å². The molecule has 0 amide bonds. The predicted molar refractivity (Wildman–Crippen MR) is 47.1 cm³/mol. The van der Waals surface area contributed by atoms with E-state index in [1.807, 2.05) is 0 Å². The van der Waals surface area contributed by atoms with Crippen LogP contribution in [0.5, 0.6) is 0 Å². The zero-order valence-electron chi connectivity index (χ0n) is 6.72. The number of rotatable bonds is 3. The molecule has 1 unspecified atom stereocenters. The summed E-state index contributed by atoms with van der Waals surface area (Å²) in [5.74, 6) is -0.574. The lowest BCUT2D eigenvalue weighted by atomic mass is 10.5. The fourth-order valence-electron chi connectivity index (χ4n) is 0.636. The number of thiazole rings is 1. The van der Waals surface area contributed by atoms with Gasteiger partial charge in [-0.3, -0.25) is 0 Å². The van der Waals surface area contributed by atoms with E-state index in [0.29, 0.717) is 0 Å². The zero-order chi connectivity index (χ0) is 9.84. The van der Waals surface area contributed by atoms with E-state index in [2.05, 4.69) is 9.72 Å². The van der Waals surface area contributed by atoms with Crippen LogP contribution in [0.15, 0.2) is 9.72 Å². The maximum Gasteiger partial charge on any atom is 0.357 e. The molecule has 0 fully saturated rings. The molecule has 1 N–H and O–H groups in total. The summed E-state index contributed by atoms with van der Waals surface area (Å²) in [7, 11) is 0. The largest absolute Gasteiger partial charge is 0.461 e. The summed E-state index contributed by atoms with van der Waals surface area (Å²) < 4.78 is 23.8. The molecule has 5 nitrogen and oxygen atoms in total. The number of hydrogen-bond donors (Lipinski definition) is 1. The fraction of sp³-hybridized carbons (Fsp3) is 0.333. The van der Waals surface area contributed by atoms with Gasteiger partial charge in [0.05, 0.1) is 6.61 Å². The molecular formula is C6H7NO4S2. The Hall–Kier alpha value is -0.790. The summed E-state index contributed by atoms with van der Waals surface area (Å²) in [5.41, 5.74) is 0.0734. The van der Waals surface area contributed by atoms with Crippen LogP contribution in [0.3, 0.4) is 0 Å². The SMILES string of the molecule is CCOC(=O)c1csc(S(=O)O)n1. The Labute approximate surface area is 81.0 Å². The van der Waals surface area contributed by atoms with Crippen molar-refractivity contribution in [1.29, 1.82) is 0 Å². The summed E-state index contributed by atoms with van der Waals surface area (Å²) >= 11 is -1.18. The van der Waals surface area contributed by atoms with Gasteiger partial charge < -0.3 is 9.29 Å². The summed E-state index contributed by atoms with van der Waals surface area (Å²) in [6.07, 6.45) is 0. The topological polar surface area (TPSA) is 76.5 Å². The van der Waals surface area contributed by atoms with Crippen LogP contribution in [0, 0.1) is 0 Å². The lowest BCUT2D eigenvalue weighted by Gasteiger charge is -1.95. The number of carbonyl (C=O) groups is 1. The third kappa shape index (κ3) is 2.58. The second kappa shape index (κ2) is 4.45. The molecule has 1 heterocycles. The van der Waals surface area contributed by atoms with E-state index < -0.39 is 17.0 Å². The highest BCUT2D eigenvalue weighted by Crippen LogP contribution is 2.13. The molecule has 72 valence electrons. The van der Waals surface area contributed by atoms with Crippen molar-refractivity contribution in [2.45, 2.75) is 11.3 Å². The second-order valence-electron chi connectivity index (χ2n) is 1.97. The molecule has 0 aliphatic heterocycles. The van der Waals surface area contributed by atoms with Crippen molar-refractivity contribution in [2.24, 2.45) is 0 Å². The highest BCUT2D eigenvalue weighted by atomic mass is 32.2. The van der Waals surface area contributed by atoms with E-state index in [1.165, 1.54) is 5.38 Å². The second-order valence-corrected chi connectivity index (χ2v) is 3.97. The van der Waals surface area contributed by atoms with Gasteiger partial charge in [0, 0.05) is 5.38 Å². The molecule has 0 radical (unpaired) electrons. The number of nitrogens with zero attached hydrogens (tertiary/aromatic N) is 1. The Bertz CT molecular complexity index is 335. The van der Waals surface area contributed by atoms with Gasteiger partial charge in [0.1, 0.15) is 0 Å². The average molecular weight is 221 g/mol. The minimum atomic E-state index is -2.13. The normalized spacial score (nSPS) is 12.5. The Morgan fingerprint density at radius 2 is 2.54 bits per heavy atom. The molecular weight excluding hydrogens is 214 g/mol. The Morgan fingerprint density at radius 1 is 1.85 bits per heavy atom. The fourth-order valence-corrected chi connectivity index (χ4v) is 1.80. The molecule has 0 bridgehead atoms. The van der Waals surface area contributed by atoms with Crippen molar-refractivity contribution in [2.75, 3.05) is 6.61 Å². The average Bonchev–Trinajstić information content (AvgIpc) is 2.52. The van der Waals surface area contributed by atoms with E-state index in [4.69, 9.17) is 4.55 Å². The predicted octanol–water partition coefficient (Wildman–Crippen LogP) is 0.900. The van der Waals surface area contributed by atoms with Crippen LogP contribution in [-0.4, -0.2) is 26.3 Å². The lowest BCUT2D eigenvalue weighted by Crippen LogP contribution is -2.05. The van der Waals surface area contributed by atoms with Crippen LogP contribution >= 0.6 is 11.3 Å². The van der Waals surface area contributed by atoms with Crippen molar-refractivity contribution in [3.8, 4) is 0 Å². The summed E-state index contributed by atoms with van der Waals surface area (Å²) in [4.78, 5) is 14.6. The summed E-state index contributed by atoms with van der Waals surface area (Å²) in [6, 6.07) is 0. The van der Waals surface area contributed by atoms with Crippen molar-refractivity contribution in [1.82, 2.24) is 4.98 Å². The first-order valence-corrected chi connectivity index (χ1v) is 5.37. The molecule has 7 heteroatoms. The van der Waals surface area contributed by atoms with Gasteiger partial charge in [-0.2, -0.15) is 0 Å². The van der Waals surface area contributed by atoms with E-state index >= 15 is 0 Å². The monoisotopic (exact) mass is 221 g/mol. The van der Waals surface area contributed by atoms with Gasteiger partial charge in [-0.25, -0.2) is 14.0 Å². The van der Waals surface area contributed by atoms with Crippen LogP contribution < -0.4 is 0 Å². The van der Waals surface area contributed by atoms with Crippen molar-refractivity contribution >= 4 is 28.4 Å². The number of esters is 1. The molecule has 13 heavy (non-hydrogen) atoms. The quantitative estimate of drug-likeness (QED) is 0.606. The van der Waals surface area contributed by atoms with Crippen LogP contribution in [0.1, 0.15) is 17.4 Å². The van der Waals surface area contributed by atoms with Gasteiger partial charge in [-0.05, 0) is 6.92 Å².